The Balaban J connectivity index is 1.96. The topological polar surface area (TPSA) is 15.6 Å². The van der Waals surface area contributed by atoms with Crippen LogP contribution >= 0.6 is 11.6 Å². The Labute approximate surface area is 146 Å². The largest absolute Gasteiger partial charge is 0.265 e. The van der Waals surface area contributed by atoms with Crippen LogP contribution in [0.4, 0.5) is 0 Å². The lowest BCUT2D eigenvalue weighted by atomic mass is 10.1. The SMILES string of the molecule is CCCCCCCCN1N=C(CC)CC=C1c1ccc(Cl)cc1. The third-order valence-electron chi connectivity index (χ3n) is 4.34. The first-order chi connectivity index (χ1) is 11.2. The van der Waals surface area contributed by atoms with Crippen molar-refractivity contribution < 1.29 is 0 Å². The lowest BCUT2D eigenvalue weighted by Crippen LogP contribution is -2.23. The zero-order chi connectivity index (χ0) is 16.5. The van der Waals surface area contributed by atoms with Gasteiger partial charge in [0.25, 0.3) is 0 Å². The van der Waals surface area contributed by atoms with E-state index in [0.29, 0.717) is 0 Å². The van der Waals surface area contributed by atoms with Crippen molar-refractivity contribution in [1.82, 2.24) is 5.01 Å². The lowest BCUT2D eigenvalue weighted by Gasteiger charge is -2.27. The molecule has 0 aromatic heterocycles. The van der Waals surface area contributed by atoms with Crippen molar-refractivity contribution in [3.8, 4) is 0 Å². The Hall–Kier alpha value is -1.28. The van der Waals surface area contributed by atoms with Crippen molar-refractivity contribution >= 4 is 23.0 Å². The second kappa shape index (κ2) is 9.77. The Morgan fingerprint density at radius 2 is 1.70 bits per heavy atom. The summed E-state index contributed by atoms with van der Waals surface area (Å²) in [5, 5.41) is 7.85. The van der Waals surface area contributed by atoms with Gasteiger partial charge in [0.05, 0.1) is 5.70 Å². The first-order valence-electron chi connectivity index (χ1n) is 9.04. The summed E-state index contributed by atoms with van der Waals surface area (Å²) in [4.78, 5) is 0. The fraction of sp³-hybridized carbons (Fsp3) is 0.550. The van der Waals surface area contributed by atoms with Crippen LogP contribution in [0.2, 0.25) is 5.02 Å². The number of hydrogen-bond donors (Lipinski definition) is 0. The van der Waals surface area contributed by atoms with Gasteiger partial charge in [-0.15, -0.1) is 0 Å². The summed E-state index contributed by atoms with van der Waals surface area (Å²) >= 11 is 6.02. The number of hydrazone groups is 1. The zero-order valence-electron chi connectivity index (χ0n) is 14.5. The van der Waals surface area contributed by atoms with Crippen LogP contribution < -0.4 is 0 Å². The second-order valence-electron chi connectivity index (χ2n) is 6.21. The predicted octanol–water partition coefficient (Wildman–Crippen LogP) is 6.51. The number of benzene rings is 1. The van der Waals surface area contributed by atoms with Crippen LogP contribution in [0.1, 0.15) is 70.8 Å². The highest BCUT2D eigenvalue weighted by Gasteiger charge is 2.16. The molecule has 3 heteroatoms. The van der Waals surface area contributed by atoms with E-state index in [1.165, 1.54) is 55.5 Å². The molecule has 0 radical (unpaired) electrons. The van der Waals surface area contributed by atoms with Gasteiger partial charge in [0.2, 0.25) is 0 Å². The Morgan fingerprint density at radius 3 is 2.39 bits per heavy atom. The van der Waals surface area contributed by atoms with E-state index in [-0.39, 0.29) is 0 Å². The molecule has 0 N–H and O–H groups in total. The molecule has 1 aromatic rings. The molecule has 2 rings (SSSR count). The predicted molar refractivity (Wildman–Crippen MR) is 102 cm³/mol. The number of allylic oxidation sites excluding steroid dienone is 1. The van der Waals surface area contributed by atoms with Crippen LogP contribution in [0, 0.1) is 0 Å². The number of hydrogen-bond acceptors (Lipinski definition) is 2. The summed E-state index contributed by atoms with van der Waals surface area (Å²) in [6.07, 6.45) is 12.2. The van der Waals surface area contributed by atoms with Crippen molar-refractivity contribution in [2.45, 2.75) is 65.2 Å². The van der Waals surface area contributed by atoms with Crippen molar-refractivity contribution in [2.75, 3.05) is 6.54 Å². The fourth-order valence-electron chi connectivity index (χ4n) is 2.90. The smallest absolute Gasteiger partial charge is 0.0630 e. The Morgan fingerprint density at radius 1 is 1.00 bits per heavy atom. The Kier molecular flexibility index (Phi) is 7.67. The molecule has 0 unspecified atom stereocenters. The fourth-order valence-corrected chi connectivity index (χ4v) is 3.03. The van der Waals surface area contributed by atoms with Crippen molar-refractivity contribution in [1.29, 1.82) is 0 Å². The minimum atomic E-state index is 0.783. The molecule has 0 amide bonds. The van der Waals surface area contributed by atoms with Crippen LogP contribution in [0.15, 0.2) is 35.4 Å². The summed E-state index contributed by atoms with van der Waals surface area (Å²) in [6.45, 7) is 5.45. The normalized spacial score (nSPS) is 14.7. The van der Waals surface area contributed by atoms with Gasteiger partial charge in [0, 0.05) is 23.7 Å². The summed E-state index contributed by atoms with van der Waals surface area (Å²) < 4.78 is 0. The van der Waals surface area contributed by atoms with E-state index in [1.807, 2.05) is 12.1 Å². The van der Waals surface area contributed by atoms with Crippen LogP contribution in [0.3, 0.4) is 0 Å². The molecule has 23 heavy (non-hydrogen) atoms. The highest BCUT2D eigenvalue weighted by atomic mass is 35.5. The van der Waals surface area contributed by atoms with E-state index in [2.05, 4.69) is 37.1 Å². The average molecular weight is 333 g/mol. The maximum atomic E-state index is 6.02. The third kappa shape index (κ3) is 5.69. The first kappa shape index (κ1) is 18.1. The third-order valence-corrected chi connectivity index (χ3v) is 4.59. The van der Waals surface area contributed by atoms with Gasteiger partial charge in [-0.05, 0) is 30.5 Å². The quantitative estimate of drug-likeness (QED) is 0.470. The average Bonchev–Trinajstić information content (AvgIpc) is 2.58. The summed E-state index contributed by atoms with van der Waals surface area (Å²) in [7, 11) is 0. The summed E-state index contributed by atoms with van der Waals surface area (Å²) in [6, 6.07) is 8.10. The van der Waals surface area contributed by atoms with Gasteiger partial charge in [0.15, 0.2) is 0 Å². The van der Waals surface area contributed by atoms with Gasteiger partial charge in [-0.25, -0.2) is 0 Å². The molecule has 0 spiro atoms. The highest BCUT2D eigenvalue weighted by molar-refractivity contribution is 6.30. The number of nitrogens with zero attached hydrogens (tertiary/aromatic N) is 2. The molecule has 0 atom stereocenters. The van der Waals surface area contributed by atoms with Crippen molar-refractivity contribution in [3.05, 3.63) is 40.9 Å². The van der Waals surface area contributed by atoms with Gasteiger partial charge in [0.1, 0.15) is 0 Å². The second-order valence-corrected chi connectivity index (χ2v) is 6.65. The van der Waals surface area contributed by atoms with E-state index in [9.17, 15) is 0 Å². The molecule has 0 aliphatic carbocycles. The highest BCUT2D eigenvalue weighted by Crippen LogP contribution is 2.26. The van der Waals surface area contributed by atoms with Gasteiger partial charge >= 0.3 is 0 Å². The van der Waals surface area contributed by atoms with Gasteiger partial charge in [-0.1, -0.05) is 75.8 Å². The van der Waals surface area contributed by atoms with Crippen molar-refractivity contribution in [2.24, 2.45) is 5.10 Å². The molecule has 0 saturated carbocycles. The van der Waals surface area contributed by atoms with E-state index >= 15 is 0 Å². The van der Waals surface area contributed by atoms with Gasteiger partial charge < -0.3 is 0 Å². The standard InChI is InChI=1S/C20H29ClN2/c1-3-5-6-7-8-9-16-23-20(15-14-19(4-2)22-23)17-10-12-18(21)13-11-17/h10-13,15H,3-9,14,16H2,1-2H3. The molecule has 1 aromatic carbocycles. The van der Waals surface area contributed by atoms with Crippen molar-refractivity contribution in [3.63, 3.8) is 0 Å². The molecule has 126 valence electrons. The molecular weight excluding hydrogens is 304 g/mol. The van der Waals surface area contributed by atoms with Crippen LogP contribution in [0.5, 0.6) is 0 Å². The molecule has 1 heterocycles. The number of unbranched alkanes of at least 4 members (excludes halogenated alkanes) is 5. The van der Waals surface area contributed by atoms with Gasteiger partial charge in [-0.3, -0.25) is 5.01 Å². The lowest BCUT2D eigenvalue weighted by molar-refractivity contribution is 0.394. The minimum absolute atomic E-state index is 0.783. The summed E-state index contributed by atoms with van der Waals surface area (Å²) in [5.41, 5.74) is 3.71. The van der Waals surface area contributed by atoms with E-state index < -0.39 is 0 Å². The maximum Gasteiger partial charge on any atom is 0.0630 e. The minimum Gasteiger partial charge on any atom is -0.265 e. The number of rotatable bonds is 9. The van der Waals surface area contributed by atoms with Crippen LogP contribution in [-0.2, 0) is 0 Å². The maximum absolute atomic E-state index is 6.02. The monoisotopic (exact) mass is 332 g/mol. The number of halogens is 1. The molecule has 1 aliphatic heterocycles. The van der Waals surface area contributed by atoms with Gasteiger partial charge in [-0.2, -0.15) is 5.10 Å². The Bertz CT molecular complexity index is 531. The first-order valence-corrected chi connectivity index (χ1v) is 9.42. The summed E-state index contributed by atoms with van der Waals surface area (Å²) in [5.74, 6) is 0. The van der Waals surface area contributed by atoms with Crippen LogP contribution in [0.25, 0.3) is 5.70 Å². The van der Waals surface area contributed by atoms with E-state index in [1.54, 1.807) is 0 Å². The van der Waals surface area contributed by atoms with E-state index in [0.717, 1.165) is 24.4 Å². The zero-order valence-corrected chi connectivity index (χ0v) is 15.3. The van der Waals surface area contributed by atoms with Crippen LogP contribution in [-0.4, -0.2) is 17.3 Å². The molecule has 1 aliphatic rings. The molecule has 2 nitrogen and oxygen atoms in total. The molecule has 0 bridgehead atoms. The molecule has 0 saturated heterocycles. The molecule has 0 fully saturated rings. The van der Waals surface area contributed by atoms with E-state index in [4.69, 9.17) is 16.7 Å². The molecular formula is C20H29ClN2.